The van der Waals surface area contributed by atoms with E-state index in [-0.39, 0.29) is 29.2 Å². The molecule has 7 nitrogen and oxygen atoms in total. The Morgan fingerprint density at radius 3 is 2.61 bits per heavy atom. The van der Waals surface area contributed by atoms with Gasteiger partial charge in [0.1, 0.15) is 17.4 Å². The number of hydrogen-bond acceptors (Lipinski definition) is 5. The average Bonchev–Trinajstić information content (AvgIpc) is 3.51. The maximum absolute atomic E-state index is 15.0. The van der Waals surface area contributed by atoms with Crippen molar-refractivity contribution in [1.82, 2.24) is 4.57 Å². The van der Waals surface area contributed by atoms with Gasteiger partial charge in [-0.25, -0.2) is 9.18 Å². The lowest BCUT2D eigenvalue weighted by molar-refractivity contribution is -0.0513. The molecule has 1 saturated carbocycles. The first kappa shape index (κ1) is 20.1. The zero-order valence-electron chi connectivity index (χ0n) is 17.4. The summed E-state index contributed by atoms with van der Waals surface area (Å²) in [7, 11) is 0. The second-order valence-electron chi connectivity index (χ2n) is 8.85. The summed E-state index contributed by atoms with van der Waals surface area (Å²) in [4.78, 5) is 24.8. The first-order valence-electron chi connectivity index (χ1n) is 10.6. The summed E-state index contributed by atoms with van der Waals surface area (Å²) in [5.74, 6) is -1.04. The lowest BCUT2D eigenvalue weighted by Gasteiger charge is -2.33. The number of aromatic carboxylic acids is 1. The molecule has 2 aromatic rings. The Bertz CT molecular complexity index is 1120. The number of hydrogen-bond donors (Lipinski definition) is 1. The first-order valence-corrected chi connectivity index (χ1v) is 10.6. The van der Waals surface area contributed by atoms with Crippen LogP contribution < -0.4 is 15.0 Å². The fraction of sp³-hybridized carbons (Fsp3) is 0.478. The number of pyridine rings is 1. The predicted molar refractivity (Wildman–Crippen MR) is 109 cm³/mol. The van der Waals surface area contributed by atoms with E-state index >= 15 is 0 Å². The number of aromatic nitrogens is 1. The van der Waals surface area contributed by atoms with Crippen molar-refractivity contribution in [2.24, 2.45) is 11.8 Å². The smallest absolute Gasteiger partial charge is 0.341 e. The summed E-state index contributed by atoms with van der Waals surface area (Å²) in [6, 6.07) is 4.17. The minimum Gasteiger partial charge on any atom is -0.490 e. The summed E-state index contributed by atoms with van der Waals surface area (Å²) in [5, 5.41) is 9.58. The minimum absolute atomic E-state index is 0.000228. The van der Waals surface area contributed by atoms with Crippen molar-refractivity contribution in [3.63, 3.8) is 0 Å². The van der Waals surface area contributed by atoms with Crippen LogP contribution in [0.25, 0.3) is 11.3 Å². The van der Waals surface area contributed by atoms with Gasteiger partial charge in [-0.2, -0.15) is 0 Å². The zero-order chi connectivity index (χ0) is 21.9. The highest BCUT2D eigenvalue weighted by Crippen LogP contribution is 2.49. The first-order chi connectivity index (χ1) is 14.8. The molecule has 1 aromatic heterocycles. The van der Waals surface area contributed by atoms with E-state index in [2.05, 4.69) is 0 Å². The molecule has 1 aliphatic carbocycles. The Hall–Kier alpha value is -2.87. The molecule has 1 N–H and O–H groups in total. The number of carboxylic acid groups (broad SMARTS) is 1. The van der Waals surface area contributed by atoms with E-state index in [0.29, 0.717) is 42.4 Å². The number of ether oxygens (including phenoxy) is 3. The third-order valence-corrected chi connectivity index (χ3v) is 6.04. The highest BCUT2D eigenvalue weighted by Gasteiger charge is 2.38. The van der Waals surface area contributed by atoms with Crippen LogP contribution in [0.4, 0.5) is 4.39 Å². The molecule has 0 radical (unpaired) electrons. The SMILES string of the molecule is CC(C)C1Oc2cc(OCC3COC3)c(F)cc2-c2c1cc(C(=O)O)c(=O)n2C1CC1. The molecule has 2 aliphatic heterocycles. The van der Waals surface area contributed by atoms with Crippen LogP contribution in [-0.2, 0) is 4.74 Å². The fourth-order valence-electron chi connectivity index (χ4n) is 4.20. The van der Waals surface area contributed by atoms with Crippen LogP contribution in [0.5, 0.6) is 11.5 Å². The molecular weight excluding hydrogens is 405 g/mol. The number of rotatable bonds is 6. The Kier molecular flexibility index (Phi) is 4.77. The molecule has 1 unspecified atom stereocenters. The van der Waals surface area contributed by atoms with Crippen molar-refractivity contribution in [1.29, 1.82) is 0 Å². The van der Waals surface area contributed by atoms with Gasteiger partial charge in [0.15, 0.2) is 11.6 Å². The third-order valence-electron chi connectivity index (χ3n) is 6.04. The van der Waals surface area contributed by atoms with E-state index in [4.69, 9.17) is 14.2 Å². The lowest BCUT2D eigenvalue weighted by atomic mass is 9.90. The van der Waals surface area contributed by atoms with Gasteiger partial charge in [-0.05, 0) is 30.9 Å². The molecule has 3 heterocycles. The van der Waals surface area contributed by atoms with Gasteiger partial charge >= 0.3 is 5.97 Å². The van der Waals surface area contributed by atoms with Crippen LogP contribution in [-0.4, -0.2) is 35.5 Å². The molecule has 31 heavy (non-hydrogen) atoms. The number of nitrogens with zero attached hydrogens (tertiary/aromatic N) is 1. The minimum atomic E-state index is -1.27. The van der Waals surface area contributed by atoms with Crippen LogP contribution in [0, 0.1) is 17.7 Å². The highest BCUT2D eigenvalue weighted by atomic mass is 19.1. The van der Waals surface area contributed by atoms with Crippen LogP contribution in [0.3, 0.4) is 0 Å². The van der Waals surface area contributed by atoms with Crippen molar-refractivity contribution in [3.05, 3.63) is 45.5 Å². The second-order valence-corrected chi connectivity index (χ2v) is 8.85. The zero-order valence-corrected chi connectivity index (χ0v) is 17.4. The van der Waals surface area contributed by atoms with Crippen LogP contribution >= 0.6 is 0 Å². The van der Waals surface area contributed by atoms with E-state index in [1.165, 1.54) is 22.8 Å². The number of carbonyl (C=O) groups is 1. The van der Waals surface area contributed by atoms with E-state index in [1.807, 2.05) is 13.8 Å². The van der Waals surface area contributed by atoms with Crippen LogP contribution in [0.2, 0.25) is 0 Å². The fourth-order valence-corrected chi connectivity index (χ4v) is 4.20. The van der Waals surface area contributed by atoms with Gasteiger partial charge in [0.05, 0.1) is 25.5 Å². The Morgan fingerprint density at radius 1 is 1.29 bits per heavy atom. The van der Waals surface area contributed by atoms with Crippen molar-refractivity contribution in [2.45, 2.75) is 38.8 Å². The van der Waals surface area contributed by atoms with Gasteiger partial charge < -0.3 is 23.9 Å². The van der Waals surface area contributed by atoms with Gasteiger partial charge in [-0.15, -0.1) is 0 Å². The molecule has 2 fully saturated rings. The third kappa shape index (κ3) is 3.39. The highest BCUT2D eigenvalue weighted by molar-refractivity contribution is 5.89. The second kappa shape index (κ2) is 7.37. The largest absolute Gasteiger partial charge is 0.490 e. The van der Waals surface area contributed by atoms with Gasteiger partial charge in [0.2, 0.25) is 0 Å². The standard InChI is InChI=1S/C23H24FNO6/c1-11(2)21-15-5-16(23(27)28)22(26)25(13-3-4-13)20(15)14-6-17(24)19(7-18(14)31-21)30-10-12-8-29-9-12/h5-7,11-13,21H,3-4,8-10H2,1-2H3,(H,27,28). The molecule has 0 amide bonds. The predicted octanol–water partition coefficient (Wildman–Crippen LogP) is 3.80. The van der Waals surface area contributed by atoms with Gasteiger partial charge in [0.25, 0.3) is 5.56 Å². The molecule has 1 saturated heterocycles. The number of benzene rings is 1. The summed E-state index contributed by atoms with van der Waals surface area (Å²) in [5.41, 5.74) is 0.757. The van der Waals surface area contributed by atoms with Crippen molar-refractivity contribution in [3.8, 4) is 22.8 Å². The molecule has 3 aliphatic rings. The van der Waals surface area contributed by atoms with Crippen molar-refractivity contribution < 1.29 is 28.5 Å². The normalized spacial score (nSPS) is 19.9. The quantitative estimate of drug-likeness (QED) is 0.752. The molecule has 0 bridgehead atoms. The lowest BCUT2D eigenvalue weighted by Crippen LogP contribution is -2.33. The van der Waals surface area contributed by atoms with Crippen LogP contribution in [0.15, 0.2) is 23.0 Å². The summed E-state index contributed by atoms with van der Waals surface area (Å²) >= 11 is 0. The number of carboxylic acids is 1. The Labute approximate surface area is 178 Å². The topological polar surface area (TPSA) is 87.0 Å². The maximum Gasteiger partial charge on any atom is 0.341 e. The van der Waals surface area contributed by atoms with Gasteiger partial charge in [-0.3, -0.25) is 4.79 Å². The molecule has 0 spiro atoms. The van der Waals surface area contributed by atoms with E-state index in [1.54, 1.807) is 0 Å². The Morgan fingerprint density at radius 2 is 2.03 bits per heavy atom. The summed E-state index contributed by atoms with van der Waals surface area (Å²) < 4.78 is 33.5. The van der Waals surface area contributed by atoms with Crippen molar-refractivity contribution in [2.75, 3.05) is 19.8 Å². The van der Waals surface area contributed by atoms with Crippen molar-refractivity contribution >= 4 is 5.97 Å². The molecule has 5 rings (SSSR count). The van der Waals surface area contributed by atoms with Crippen LogP contribution in [0.1, 0.15) is 54.8 Å². The van der Waals surface area contributed by atoms with E-state index in [9.17, 15) is 19.1 Å². The summed E-state index contributed by atoms with van der Waals surface area (Å²) in [6.07, 6.45) is 1.10. The number of fused-ring (bicyclic) bond motifs is 3. The molecule has 1 atom stereocenters. The van der Waals surface area contributed by atoms with E-state index in [0.717, 1.165) is 12.8 Å². The van der Waals surface area contributed by atoms with E-state index < -0.39 is 23.4 Å². The summed E-state index contributed by atoms with van der Waals surface area (Å²) in [6.45, 7) is 5.49. The molecular formula is C23H24FNO6. The molecule has 1 aromatic carbocycles. The number of halogens is 1. The van der Waals surface area contributed by atoms with Gasteiger partial charge in [-0.1, -0.05) is 13.8 Å². The average molecular weight is 429 g/mol. The molecule has 8 heteroatoms. The Balaban J connectivity index is 1.67. The molecule has 164 valence electrons. The maximum atomic E-state index is 15.0. The van der Waals surface area contributed by atoms with Gasteiger partial charge in [0, 0.05) is 29.2 Å². The monoisotopic (exact) mass is 429 g/mol.